The number of rotatable bonds is 8. The van der Waals surface area contributed by atoms with Gasteiger partial charge in [-0.05, 0) is 62.7 Å². The molecule has 4 rings (SSSR count). The first-order chi connectivity index (χ1) is 19.9. The van der Waals surface area contributed by atoms with Gasteiger partial charge in [-0.1, -0.05) is 38.3 Å². The van der Waals surface area contributed by atoms with Crippen LogP contribution in [0.15, 0.2) is 42.5 Å². The molecule has 0 saturated heterocycles. The zero-order valence-corrected chi connectivity index (χ0v) is 24.6. The molecule has 42 heavy (non-hydrogen) atoms. The van der Waals surface area contributed by atoms with Crippen molar-refractivity contribution in [2.45, 2.75) is 77.2 Å². The SMILES string of the molecule is C[C@@H]1CN([C@H](C)CO)C(=O)Cc2cc(NC(=O)C3CCCCC3)ccc2O[C@@H]1CN(C)Cc1ccc(C(F)(F)F)cc1. The monoisotopic (exact) mass is 589 g/mol. The van der Waals surface area contributed by atoms with E-state index in [1.165, 1.54) is 12.1 Å². The number of aliphatic hydroxyl groups is 1. The Morgan fingerprint density at radius 2 is 1.83 bits per heavy atom. The molecule has 1 aliphatic carbocycles. The molecule has 1 saturated carbocycles. The number of amides is 2. The number of ether oxygens (including phenoxy) is 1. The van der Waals surface area contributed by atoms with E-state index in [0.29, 0.717) is 36.6 Å². The van der Waals surface area contributed by atoms with E-state index in [4.69, 9.17) is 4.74 Å². The van der Waals surface area contributed by atoms with E-state index in [-0.39, 0.29) is 48.8 Å². The van der Waals surface area contributed by atoms with E-state index in [1.807, 2.05) is 18.9 Å². The number of carbonyl (C=O) groups excluding carboxylic acids is 2. The van der Waals surface area contributed by atoms with Gasteiger partial charge in [-0.3, -0.25) is 14.5 Å². The molecule has 2 amide bonds. The van der Waals surface area contributed by atoms with Crippen molar-refractivity contribution >= 4 is 17.5 Å². The Morgan fingerprint density at radius 3 is 2.48 bits per heavy atom. The third-order valence-electron chi connectivity index (χ3n) is 8.39. The van der Waals surface area contributed by atoms with Crippen molar-refractivity contribution < 1.29 is 32.6 Å². The van der Waals surface area contributed by atoms with Gasteiger partial charge in [0.15, 0.2) is 0 Å². The lowest BCUT2D eigenvalue weighted by Crippen LogP contribution is -2.47. The molecule has 2 N–H and O–H groups in total. The maximum absolute atomic E-state index is 13.5. The highest BCUT2D eigenvalue weighted by Crippen LogP contribution is 2.32. The van der Waals surface area contributed by atoms with Gasteiger partial charge in [0.25, 0.3) is 0 Å². The number of halogens is 3. The topological polar surface area (TPSA) is 82.1 Å². The van der Waals surface area contributed by atoms with Crippen LogP contribution in [0.25, 0.3) is 0 Å². The summed E-state index contributed by atoms with van der Waals surface area (Å²) in [6.07, 6.45) is 0.346. The number of fused-ring (bicyclic) bond motifs is 1. The Bertz CT molecular complexity index is 1210. The number of alkyl halides is 3. The minimum Gasteiger partial charge on any atom is -0.488 e. The normalized spacial score (nSPS) is 21.1. The summed E-state index contributed by atoms with van der Waals surface area (Å²) in [5.74, 6) is 0.291. The highest BCUT2D eigenvalue weighted by molar-refractivity contribution is 5.93. The second-order valence-electron chi connectivity index (χ2n) is 11.9. The zero-order valence-electron chi connectivity index (χ0n) is 24.6. The molecule has 1 aliphatic heterocycles. The first-order valence-electron chi connectivity index (χ1n) is 14.8. The van der Waals surface area contributed by atoms with Crippen LogP contribution in [-0.4, -0.2) is 65.6 Å². The molecule has 2 aromatic rings. The van der Waals surface area contributed by atoms with Gasteiger partial charge in [-0.2, -0.15) is 13.2 Å². The lowest BCUT2D eigenvalue weighted by Gasteiger charge is -2.34. The lowest BCUT2D eigenvalue weighted by molar-refractivity contribution is -0.137. The van der Waals surface area contributed by atoms with E-state index in [0.717, 1.165) is 49.8 Å². The minimum absolute atomic E-state index is 0.00289. The molecule has 2 aliphatic rings. The average molecular weight is 590 g/mol. The number of nitrogens with zero attached hydrogens (tertiary/aromatic N) is 2. The van der Waals surface area contributed by atoms with Crippen LogP contribution in [0, 0.1) is 11.8 Å². The first-order valence-corrected chi connectivity index (χ1v) is 14.8. The second kappa shape index (κ2) is 13.9. The summed E-state index contributed by atoms with van der Waals surface area (Å²) in [5, 5.41) is 12.9. The molecule has 0 unspecified atom stereocenters. The summed E-state index contributed by atoms with van der Waals surface area (Å²) < 4.78 is 45.5. The predicted molar refractivity (Wildman–Crippen MR) is 155 cm³/mol. The predicted octanol–water partition coefficient (Wildman–Crippen LogP) is 5.51. The molecule has 0 bridgehead atoms. The standard InChI is InChI=1S/C32H42F3N3O4/c1-21-17-38(22(2)20-39)30(40)16-25-15-27(36-31(41)24-7-5-4-6-8-24)13-14-28(25)42-29(21)19-37(3)18-23-9-11-26(12-10-23)32(33,34)35/h9-15,21-22,24,29,39H,4-8,16-20H2,1-3H3,(H,36,41)/t21-,22-,29-/m1/s1. The van der Waals surface area contributed by atoms with E-state index in [9.17, 15) is 27.9 Å². The fourth-order valence-electron chi connectivity index (χ4n) is 5.82. The Labute approximate surface area is 246 Å². The molecule has 7 nitrogen and oxygen atoms in total. The maximum Gasteiger partial charge on any atom is 0.416 e. The number of nitrogens with one attached hydrogen (secondary N) is 1. The highest BCUT2D eigenvalue weighted by Gasteiger charge is 2.32. The number of likely N-dealkylation sites (N-methyl/N-ethyl adjacent to an activating group) is 1. The smallest absolute Gasteiger partial charge is 0.416 e. The van der Waals surface area contributed by atoms with E-state index >= 15 is 0 Å². The average Bonchev–Trinajstić information content (AvgIpc) is 3.00. The van der Waals surface area contributed by atoms with Crippen molar-refractivity contribution in [3.63, 3.8) is 0 Å². The summed E-state index contributed by atoms with van der Waals surface area (Å²) in [4.78, 5) is 30.0. The van der Waals surface area contributed by atoms with E-state index in [1.54, 1.807) is 30.0 Å². The second-order valence-corrected chi connectivity index (χ2v) is 11.9. The van der Waals surface area contributed by atoms with Gasteiger partial charge in [-0.25, -0.2) is 0 Å². The van der Waals surface area contributed by atoms with Crippen LogP contribution >= 0.6 is 0 Å². The van der Waals surface area contributed by atoms with Crippen LogP contribution in [-0.2, 0) is 28.7 Å². The van der Waals surface area contributed by atoms with E-state index in [2.05, 4.69) is 5.32 Å². The fourth-order valence-corrected chi connectivity index (χ4v) is 5.82. The Kier molecular flexibility index (Phi) is 10.5. The maximum atomic E-state index is 13.5. The van der Waals surface area contributed by atoms with Gasteiger partial charge in [0.2, 0.25) is 11.8 Å². The number of benzene rings is 2. The summed E-state index contributed by atoms with van der Waals surface area (Å²) in [6, 6.07) is 10.1. The van der Waals surface area contributed by atoms with Crippen LogP contribution in [0.4, 0.5) is 18.9 Å². The molecule has 0 aromatic heterocycles. The van der Waals surface area contributed by atoms with Gasteiger partial charge in [0, 0.05) is 42.7 Å². The van der Waals surface area contributed by atoms with Gasteiger partial charge in [0.1, 0.15) is 11.9 Å². The lowest BCUT2D eigenvalue weighted by atomic mass is 9.88. The molecule has 10 heteroatoms. The van der Waals surface area contributed by atoms with Crippen LogP contribution < -0.4 is 10.1 Å². The Morgan fingerprint density at radius 1 is 1.14 bits per heavy atom. The van der Waals surface area contributed by atoms with Crippen LogP contribution in [0.5, 0.6) is 5.75 Å². The molecule has 3 atom stereocenters. The van der Waals surface area contributed by atoms with Gasteiger partial charge in [0.05, 0.1) is 24.6 Å². The Hall–Kier alpha value is -3.11. The fraction of sp³-hybridized carbons (Fsp3) is 0.562. The zero-order chi connectivity index (χ0) is 30.4. The number of hydrogen-bond acceptors (Lipinski definition) is 5. The molecular formula is C32H42F3N3O4. The summed E-state index contributed by atoms with van der Waals surface area (Å²) in [6.45, 7) is 4.86. The van der Waals surface area contributed by atoms with E-state index < -0.39 is 11.7 Å². The Balaban J connectivity index is 1.54. The molecule has 1 fully saturated rings. The molecule has 2 aromatic carbocycles. The van der Waals surface area contributed by atoms with Crippen molar-refractivity contribution in [1.82, 2.24) is 9.80 Å². The van der Waals surface area contributed by atoms with Crippen molar-refractivity contribution in [2.75, 3.05) is 32.1 Å². The van der Waals surface area contributed by atoms with Crippen molar-refractivity contribution in [2.24, 2.45) is 11.8 Å². The van der Waals surface area contributed by atoms with Crippen molar-refractivity contribution in [3.8, 4) is 5.75 Å². The largest absolute Gasteiger partial charge is 0.488 e. The molecule has 0 spiro atoms. The first kappa shape index (κ1) is 31.8. The summed E-state index contributed by atoms with van der Waals surface area (Å²) in [5.41, 5.74) is 1.33. The third-order valence-corrected chi connectivity index (χ3v) is 8.39. The molecule has 230 valence electrons. The summed E-state index contributed by atoms with van der Waals surface area (Å²) in [7, 11) is 1.88. The number of aliphatic hydroxyl groups excluding tert-OH is 1. The molecular weight excluding hydrogens is 547 g/mol. The third kappa shape index (κ3) is 8.25. The minimum atomic E-state index is -4.38. The van der Waals surface area contributed by atoms with Gasteiger partial charge < -0.3 is 20.1 Å². The quantitative estimate of drug-likeness (QED) is 0.425. The number of carbonyl (C=O) groups is 2. The summed E-state index contributed by atoms with van der Waals surface area (Å²) >= 11 is 0. The highest BCUT2D eigenvalue weighted by atomic mass is 19.4. The molecule has 0 radical (unpaired) electrons. The van der Waals surface area contributed by atoms with Gasteiger partial charge in [-0.15, -0.1) is 0 Å². The van der Waals surface area contributed by atoms with Crippen molar-refractivity contribution in [3.05, 3.63) is 59.2 Å². The number of anilines is 1. The van der Waals surface area contributed by atoms with Crippen LogP contribution in [0.1, 0.15) is 62.6 Å². The molecule has 1 heterocycles. The van der Waals surface area contributed by atoms with Gasteiger partial charge >= 0.3 is 6.18 Å². The number of hydrogen-bond donors (Lipinski definition) is 2. The van der Waals surface area contributed by atoms with Crippen molar-refractivity contribution in [1.29, 1.82) is 0 Å². The van der Waals surface area contributed by atoms with Crippen LogP contribution in [0.2, 0.25) is 0 Å². The van der Waals surface area contributed by atoms with Crippen LogP contribution in [0.3, 0.4) is 0 Å².